The summed E-state index contributed by atoms with van der Waals surface area (Å²) in [5.41, 5.74) is 4.71. The van der Waals surface area contributed by atoms with E-state index in [1.165, 1.54) is 0 Å². The third kappa shape index (κ3) is 3.93. The second kappa shape index (κ2) is 8.63. The number of nitrogens with zero attached hydrogens (tertiary/aromatic N) is 1. The van der Waals surface area contributed by atoms with Crippen LogP contribution in [0.5, 0.6) is 0 Å². The number of rotatable bonds is 5. The van der Waals surface area contributed by atoms with Gasteiger partial charge in [-0.05, 0) is 77.0 Å². The Kier molecular flexibility index (Phi) is 5.53. The molecule has 1 aromatic carbocycles. The highest BCUT2D eigenvalue weighted by molar-refractivity contribution is 7.08. The number of nitrogens with one attached hydrogen (secondary N) is 2. The number of thiophene rings is 1. The number of aryl methyl sites for hydroxylation is 2. The van der Waals surface area contributed by atoms with Gasteiger partial charge in [-0.15, -0.1) is 0 Å². The van der Waals surface area contributed by atoms with Gasteiger partial charge in [0.05, 0.1) is 17.9 Å². The summed E-state index contributed by atoms with van der Waals surface area (Å²) in [4.78, 5) is 39.2. The standard InChI is InChI=1S/C24H23N3O4S/c28-21-6-5-16-12-18(11-15-3-1-8-27(21)22(15)16)26-24(30)23(29)25-13-19(17-7-10-32-14-17)20-4-2-9-31-20/h2,4,7,9-12,14,19H,1,3,5-6,8,13H2,(H,25,29)(H,26,30). The van der Waals surface area contributed by atoms with Crippen molar-refractivity contribution < 1.29 is 18.8 Å². The Morgan fingerprint density at radius 2 is 1.97 bits per heavy atom. The lowest BCUT2D eigenvalue weighted by molar-refractivity contribution is -0.136. The molecule has 32 heavy (non-hydrogen) atoms. The molecule has 0 saturated heterocycles. The molecule has 3 amide bonds. The van der Waals surface area contributed by atoms with Gasteiger partial charge in [0, 0.05) is 25.2 Å². The minimum atomic E-state index is -0.708. The number of anilines is 2. The van der Waals surface area contributed by atoms with Crippen molar-refractivity contribution in [3.05, 3.63) is 69.8 Å². The van der Waals surface area contributed by atoms with Crippen molar-refractivity contribution in [2.24, 2.45) is 0 Å². The lowest BCUT2D eigenvalue weighted by Crippen LogP contribution is -2.39. The van der Waals surface area contributed by atoms with Crippen molar-refractivity contribution >= 4 is 40.4 Å². The molecule has 2 aliphatic rings. The van der Waals surface area contributed by atoms with Crippen molar-refractivity contribution in [1.29, 1.82) is 0 Å². The van der Waals surface area contributed by atoms with E-state index in [1.807, 2.05) is 39.9 Å². The smallest absolute Gasteiger partial charge is 0.313 e. The third-order valence-electron chi connectivity index (χ3n) is 6.04. The van der Waals surface area contributed by atoms with Crippen LogP contribution in [0.1, 0.15) is 41.2 Å². The topological polar surface area (TPSA) is 91.6 Å². The molecular weight excluding hydrogens is 426 g/mol. The maximum atomic E-state index is 12.6. The Balaban J connectivity index is 1.27. The van der Waals surface area contributed by atoms with Gasteiger partial charge in [0.25, 0.3) is 0 Å². The molecule has 3 aromatic rings. The zero-order valence-electron chi connectivity index (χ0n) is 17.4. The van der Waals surface area contributed by atoms with E-state index < -0.39 is 11.8 Å². The molecule has 1 atom stereocenters. The number of carbonyl (C=O) groups excluding carboxylic acids is 3. The van der Waals surface area contributed by atoms with E-state index in [0.29, 0.717) is 18.5 Å². The van der Waals surface area contributed by atoms with Gasteiger partial charge in [0.2, 0.25) is 5.91 Å². The van der Waals surface area contributed by atoms with Crippen molar-refractivity contribution in [2.75, 3.05) is 23.3 Å². The number of carbonyl (C=O) groups is 3. The molecule has 5 rings (SSSR count). The van der Waals surface area contributed by atoms with E-state index in [9.17, 15) is 14.4 Å². The molecule has 1 unspecified atom stereocenters. The van der Waals surface area contributed by atoms with Crippen LogP contribution in [-0.2, 0) is 27.2 Å². The van der Waals surface area contributed by atoms with E-state index in [2.05, 4.69) is 10.6 Å². The number of hydrogen-bond acceptors (Lipinski definition) is 5. The van der Waals surface area contributed by atoms with Crippen LogP contribution in [0, 0.1) is 0 Å². The van der Waals surface area contributed by atoms with Crippen LogP contribution in [0.2, 0.25) is 0 Å². The predicted molar refractivity (Wildman–Crippen MR) is 122 cm³/mol. The summed E-state index contributed by atoms with van der Waals surface area (Å²) in [6, 6.07) is 9.41. The van der Waals surface area contributed by atoms with Crippen LogP contribution in [-0.4, -0.2) is 30.8 Å². The number of hydrogen-bond donors (Lipinski definition) is 2. The van der Waals surface area contributed by atoms with Crippen molar-refractivity contribution in [3.8, 4) is 0 Å². The van der Waals surface area contributed by atoms with Crippen LogP contribution >= 0.6 is 11.3 Å². The van der Waals surface area contributed by atoms with Crippen LogP contribution < -0.4 is 15.5 Å². The first-order valence-electron chi connectivity index (χ1n) is 10.7. The largest absolute Gasteiger partial charge is 0.469 e. The van der Waals surface area contributed by atoms with E-state index in [4.69, 9.17) is 4.42 Å². The summed E-state index contributed by atoms with van der Waals surface area (Å²) >= 11 is 1.57. The number of amides is 3. The van der Waals surface area contributed by atoms with Crippen LogP contribution in [0.4, 0.5) is 11.4 Å². The maximum absolute atomic E-state index is 12.6. The van der Waals surface area contributed by atoms with E-state index in [0.717, 1.165) is 47.5 Å². The molecule has 164 valence electrons. The van der Waals surface area contributed by atoms with Crippen LogP contribution in [0.3, 0.4) is 0 Å². The molecule has 2 aromatic heterocycles. The van der Waals surface area contributed by atoms with E-state index >= 15 is 0 Å². The molecule has 4 heterocycles. The molecule has 8 heteroatoms. The Hall–Kier alpha value is -3.39. The van der Waals surface area contributed by atoms with Crippen molar-refractivity contribution in [1.82, 2.24) is 5.32 Å². The zero-order chi connectivity index (χ0) is 22.1. The minimum Gasteiger partial charge on any atom is -0.469 e. The van der Waals surface area contributed by atoms with Gasteiger partial charge in [-0.1, -0.05) is 0 Å². The fraction of sp³-hybridized carbons (Fsp3) is 0.292. The molecule has 7 nitrogen and oxygen atoms in total. The monoisotopic (exact) mass is 449 g/mol. The SMILES string of the molecule is O=C(NCC(c1ccsc1)c1ccco1)C(=O)Nc1cc2c3c(c1)CCC(=O)N3CCC2. The summed E-state index contributed by atoms with van der Waals surface area (Å²) in [6.07, 6.45) is 4.47. The number of furan rings is 1. The average molecular weight is 450 g/mol. The van der Waals surface area contributed by atoms with E-state index in [-0.39, 0.29) is 18.4 Å². The second-order valence-electron chi connectivity index (χ2n) is 8.08. The highest BCUT2D eigenvalue weighted by Gasteiger charge is 2.30. The fourth-order valence-electron chi connectivity index (χ4n) is 4.53. The second-order valence-corrected chi connectivity index (χ2v) is 8.86. The van der Waals surface area contributed by atoms with Gasteiger partial charge >= 0.3 is 11.8 Å². The van der Waals surface area contributed by atoms with Crippen LogP contribution in [0.15, 0.2) is 51.8 Å². The molecule has 2 aliphatic heterocycles. The first-order chi connectivity index (χ1) is 15.6. The molecule has 0 bridgehead atoms. The fourth-order valence-corrected chi connectivity index (χ4v) is 5.25. The quantitative estimate of drug-likeness (QED) is 0.584. The molecule has 0 aliphatic carbocycles. The Morgan fingerprint density at radius 3 is 2.72 bits per heavy atom. The summed E-state index contributed by atoms with van der Waals surface area (Å²) in [6.45, 7) is 0.997. The Morgan fingerprint density at radius 1 is 1.12 bits per heavy atom. The summed E-state index contributed by atoms with van der Waals surface area (Å²) in [7, 11) is 0. The molecule has 0 fully saturated rings. The molecule has 2 N–H and O–H groups in total. The normalized spacial score (nSPS) is 15.8. The van der Waals surface area contributed by atoms with Gasteiger partial charge in [0.1, 0.15) is 5.76 Å². The van der Waals surface area contributed by atoms with Crippen LogP contribution in [0.25, 0.3) is 0 Å². The first-order valence-corrected chi connectivity index (χ1v) is 11.7. The lowest BCUT2D eigenvalue weighted by atomic mass is 9.91. The predicted octanol–water partition coefficient (Wildman–Crippen LogP) is 3.45. The first kappa shape index (κ1) is 20.5. The highest BCUT2D eigenvalue weighted by Crippen LogP contribution is 2.37. The van der Waals surface area contributed by atoms with E-state index in [1.54, 1.807) is 23.7 Å². The average Bonchev–Trinajstić information content (AvgIpc) is 3.51. The summed E-state index contributed by atoms with van der Waals surface area (Å²) < 4.78 is 5.53. The van der Waals surface area contributed by atoms with Gasteiger partial charge in [-0.25, -0.2) is 0 Å². The Labute approximate surface area is 189 Å². The summed E-state index contributed by atoms with van der Waals surface area (Å²) in [5, 5.41) is 9.44. The molecular formula is C24H23N3O4S. The van der Waals surface area contributed by atoms with Gasteiger partial charge in [-0.3, -0.25) is 14.4 Å². The van der Waals surface area contributed by atoms with Crippen molar-refractivity contribution in [2.45, 2.75) is 31.6 Å². The summed E-state index contributed by atoms with van der Waals surface area (Å²) in [5.74, 6) is -0.673. The lowest BCUT2D eigenvalue weighted by Gasteiger charge is -2.35. The molecule has 0 saturated carbocycles. The number of benzene rings is 1. The van der Waals surface area contributed by atoms with Gasteiger partial charge < -0.3 is 20.0 Å². The maximum Gasteiger partial charge on any atom is 0.313 e. The third-order valence-corrected chi connectivity index (χ3v) is 6.74. The Bertz CT molecular complexity index is 1100. The van der Waals surface area contributed by atoms with Crippen molar-refractivity contribution in [3.63, 3.8) is 0 Å². The van der Waals surface area contributed by atoms with Gasteiger partial charge in [0.15, 0.2) is 0 Å². The van der Waals surface area contributed by atoms with Gasteiger partial charge in [-0.2, -0.15) is 11.3 Å². The minimum absolute atomic E-state index is 0.159. The molecule has 0 radical (unpaired) electrons. The molecule has 0 spiro atoms. The zero-order valence-corrected chi connectivity index (χ0v) is 18.2. The highest BCUT2D eigenvalue weighted by atomic mass is 32.1.